The average Bonchev–Trinajstić information content (AvgIpc) is 3.88. The number of β-lactam (4-membered cyclic amide) rings is 1. The van der Waals surface area contributed by atoms with Crippen molar-refractivity contribution in [2.24, 2.45) is 5.16 Å². The van der Waals surface area contributed by atoms with Crippen molar-refractivity contribution >= 4 is 56.1 Å². The molecular formula is C29H35N9O14S2. The first-order valence-electron chi connectivity index (χ1n) is 15.8. The normalized spacial score (nSPS) is 19.2. The first-order valence-corrected chi connectivity index (χ1v) is 18.0. The van der Waals surface area contributed by atoms with Crippen LogP contribution in [0.3, 0.4) is 0 Å². The van der Waals surface area contributed by atoms with Gasteiger partial charge in [-0.1, -0.05) is 10.3 Å². The number of nitrogens with one attached hydrogen (secondary N) is 2. The van der Waals surface area contributed by atoms with E-state index in [0.29, 0.717) is 11.2 Å². The number of carbonyl (C=O) groups is 4. The van der Waals surface area contributed by atoms with Crippen molar-refractivity contribution in [1.29, 1.82) is 0 Å². The SMILES string of the molecule is Cc1c(C(=O)N2CC[C@@H](c3cc(C(=O)NC[C@@H]4[C@H](NC(=O)/C(=N\OC(C)(C)C(O)O)c5csc(N)n5)C(=O)N4S(=O)(=O)O)on3)C2)n(O)c(C)c(O)c1=O. The largest absolute Gasteiger partial charge is 0.503 e. The Morgan fingerprint density at radius 2 is 1.93 bits per heavy atom. The van der Waals surface area contributed by atoms with Crippen LogP contribution in [-0.4, -0.2) is 131 Å². The predicted octanol–water partition coefficient (Wildman–Crippen LogP) is -2.20. The summed E-state index contributed by atoms with van der Waals surface area (Å²) in [6, 6.07) is -1.95. The van der Waals surface area contributed by atoms with Gasteiger partial charge in [-0.15, -0.1) is 11.3 Å². The quantitative estimate of drug-likeness (QED) is 0.0241. The van der Waals surface area contributed by atoms with E-state index in [1.807, 2.05) is 0 Å². The van der Waals surface area contributed by atoms with E-state index in [-0.39, 0.29) is 56.6 Å². The Kier molecular flexibility index (Phi) is 10.7. The summed E-state index contributed by atoms with van der Waals surface area (Å²) < 4.78 is 39.4. The second kappa shape index (κ2) is 14.7. The minimum atomic E-state index is -5.18. The maximum Gasteiger partial charge on any atom is 0.362 e. The van der Waals surface area contributed by atoms with E-state index in [1.165, 1.54) is 44.0 Å². The van der Waals surface area contributed by atoms with E-state index in [9.17, 15) is 57.5 Å². The first-order chi connectivity index (χ1) is 25.1. The highest BCUT2D eigenvalue weighted by Gasteiger charge is 2.54. The number of nitrogens with two attached hydrogens (primary N) is 1. The zero-order chi connectivity index (χ0) is 40.0. The number of hydrogen-bond acceptors (Lipinski definition) is 18. The van der Waals surface area contributed by atoms with Crippen LogP contribution in [-0.2, 0) is 24.7 Å². The number of likely N-dealkylation sites (tertiary alicyclic amines) is 1. The van der Waals surface area contributed by atoms with Gasteiger partial charge in [-0.25, -0.2) is 9.29 Å². The van der Waals surface area contributed by atoms with E-state index < -0.39 is 87.3 Å². The summed E-state index contributed by atoms with van der Waals surface area (Å²) in [6.45, 7) is 4.61. The second-order valence-corrected chi connectivity index (χ2v) is 15.0. The molecule has 3 atom stereocenters. The summed E-state index contributed by atoms with van der Waals surface area (Å²) in [7, 11) is -5.18. The molecule has 0 spiro atoms. The maximum atomic E-state index is 13.3. The van der Waals surface area contributed by atoms with Crippen molar-refractivity contribution in [2.75, 3.05) is 25.4 Å². The molecule has 2 aliphatic heterocycles. The van der Waals surface area contributed by atoms with E-state index in [1.54, 1.807) is 0 Å². The van der Waals surface area contributed by atoms with Gasteiger partial charge in [-0.2, -0.15) is 13.1 Å². The van der Waals surface area contributed by atoms with Gasteiger partial charge in [0.1, 0.15) is 17.4 Å². The van der Waals surface area contributed by atoms with Crippen LogP contribution in [0.5, 0.6) is 5.75 Å². The highest BCUT2D eigenvalue weighted by atomic mass is 32.2. The summed E-state index contributed by atoms with van der Waals surface area (Å²) in [5.41, 5.74) is 1.96. The molecule has 0 saturated carbocycles. The van der Waals surface area contributed by atoms with Crippen LogP contribution < -0.4 is 21.8 Å². The number of aliphatic hydroxyl groups excluding tert-OH is 1. The summed E-state index contributed by atoms with van der Waals surface area (Å²) in [5.74, 6) is -5.53. The van der Waals surface area contributed by atoms with E-state index in [4.69, 9.17) is 15.1 Å². The van der Waals surface area contributed by atoms with Crippen molar-refractivity contribution in [3.8, 4) is 5.75 Å². The number of pyridine rings is 1. The van der Waals surface area contributed by atoms with Gasteiger partial charge in [0.2, 0.25) is 11.2 Å². The van der Waals surface area contributed by atoms with Crippen LogP contribution in [0.15, 0.2) is 25.9 Å². The van der Waals surface area contributed by atoms with Crippen molar-refractivity contribution in [1.82, 2.24) is 34.7 Å². The fourth-order valence-electron chi connectivity index (χ4n) is 5.52. The van der Waals surface area contributed by atoms with Crippen molar-refractivity contribution in [3.05, 3.63) is 55.8 Å². The van der Waals surface area contributed by atoms with Crippen LogP contribution in [0.4, 0.5) is 5.13 Å². The molecular weight excluding hydrogens is 763 g/mol. The number of nitrogen functional groups attached to an aromatic ring is 1. The van der Waals surface area contributed by atoms with Gasteiger partial charge in [0.05, 0.1) is 11.7 Å². The lowest BCUT2D eigenvalue weighted by molar-refractivity contribution is -0.192. The number of anilines is 1. The molecule has 3 aromatic heterocycles. The Bertz CT molecular complexity index is 2210. The molecule has 23 nitrogen and oxygen atoms in total. The molecule has 0 radical (unpaired) electrons. The number of aliphatic hydroxyl groups is 2. The fourth-order valence-corrected chi connectivity index (χ4v) is 6.95. The fraction of sp³-hybridized carbons (Fsp3) is 0.448. The number of aromatic hydroxyl groups is 1. The van der Waals surface area contributed by atoms with Gasteiger partial charge in [-0.05, 0) is 34.1 Å². The minimum Gasteiger partial charge on any atom is -0.503 e. The smallest absolute Gasteiger partial charge is 0.362 e. The van der Waals surface area contributed by atoms with Gasteiger partial charge in [0.25, 0.3) is 23.6 Å². The van der Waals surface area contributed by atoms with Gasteiger partial charge >= 0.3 is 10.3 Å². The topological polar surface area (TPSA) is 343 Å². The molecule has 292 valence electrons. The van der Waals surface area contributed by atoms with E-state index >= 15 is 0 Å². The maximum absolute atomic E-state index is 13.3. The number of oxime groups is 1. The molecule has 0 aliphatic carbocycles. The van der Waals surface area contributed by atoms with Crippen LogP contribution in [0.2, 0.25) is 0 Å². The molecule has 5 heterocycles. The van der Waals surface area contributed by atoms with Crippen LogP contribution in [0.1, 0.15) is 69.9 Å². The molecule has 2 fully saturated rings. The van der Waals surface area contributed by atoms with Gasteiger partial charge in [0, 0.05) is 42.6 Å². The monoisotopic (exact) mass is 797 g/mol. The average molecular weight is 798 g/mol. The Hall–Kier alpha value is -5.63. The Morgan fingerprint density at radius 3 is 2.54 bits per heavy atom. The second-order valence-electron chi connectivity index (χ2n) is 12.8. The standard InChI is InChI=1S/C29H35N9O14S2/c1-11-20(37(47)12(2)22(40)21(11)39)26(44)36-6-5-13(9-36)14-7-17(51-34-14)23(41)31-8-16-19(25(43)38(16)54(48,49)50)33-24(42)18(15-10-53-28(30)32-15)35-52-29(3,4)27(45)46/h7,10,13,16,19,27,40,45-47H,5-6,8-9H2,1-4H3,(H2,30,32)(H,31,41)(H,33,42)(H,48,49,50)/b35-18-/t13-,16-,19+/m1/s1. The number of amides is 4. The Labute approximate surface area is 308 Å². The number of aromatic nitrogens is 3. The molecule has 4 amide bonds. The lowest BCUT2D eigenvalue weighted by Gasteiger charge is -2.44. The van der Waals surface area contributed by atoms with Gasteiger partial charge in [-0.3, -0.25) is 28.5 Å². The summed E-state index contributed by atoms with van der Waals surface area (Å²) in [5, 5.41) is 52.9. The lowest BCUT2D eigenvalue weighted by atomic mass is 9.98. The Balaban J connectivity index is 1.27. The van der Waals surface area contributed by atoms with Crippen molar-refractivity contribution < 1.29 is 62.0 Å². The molecule has 3 aromatic rings. The zero-order valence-electron chi connectivity index (χ0n) is 28.8. The third-order valence-electron chi connectivity index (χ3n) is 8.78. The van der Waals surface area contributed by atoms with E-state index in [0.717, 1.165) is 11.3 Å². The number of nitrogens with zero attached hydrogens (tertiary/aromatic N) is 6. The number of thiazole rings is 1. The molecule has 9 N–H and O–H groups in total. The van der Waals surface area contributed by atoms with Crippen LogP contribution in [0, 0.1) is 13.8 Å². The minimum absolute atomic E-state index is 0.0108. The molecule has 0 unspecified atom stereocenters. The number of rotatable bonds is 12. The highest BCUT2D eigenvalue weighted by Crippen LogP contribution is 2.29. The third kappa shape index (κ3) is 7.56. The van der Waals surface area contributed by atoms with Crippen LogP contribution in [0.25, 0.3) is 0 Å². The highest BCUT2D eigenvalue weighted by molar-refractivity contribution is 7.84. The summed E-state index contributed by atoms with van der Waals surface area (Å²) >= 11 is 0.912. The van der Waals surface area contributed by atoms with E-state index in [2.05, 4.69) is 25.9 Å². The van der Waals surface area contributed by atoms with Gasteiger partial charge in [0.15, 0.2) is 34.2 Å². The number of carbonyl (C=O) groups excluding carboxylic acids is 4. The molecule has 0 bridgehead atoms. The van der Waals surface area contributed by atoms with Crippen molar-refractivity contribution in [3.63, 3.8) is 0 Å². The third-order valence-corrected chi connectivity index (χ3v) is 10.4. The number of hydrogen-bond donors (Lipinski definition) is 8. The Morgan fingerprint density at radius 1 is 1.24 bits per heavy atom. The van der Waals surface area contributed by atoms with Crippen molar-refractivity contribution in [2.45, 2.75) is 64.0 Å². The van der Waals surface area contributed by atoms with Crippen LogP contribution >= 0.6 is 11.3 Å². The van der Waals surface area contributed by atoms with Gasteiger partial charge < -0.3 is 51.2 Å². The zero-order valence-corrected chi connectivity index (χ0v) is 30.4. The predicted molar refractivity (Wildman–Crippen MR) is 182 cm³/mol. The summed E-state index contributed by atoms with van der Waals surface area (Å²) in [4.78, 5) is 75.2. The molecule has 0 aromatic carbocycles. The molecule has 2 aliphatic rings. The first kappa shape index (κ1) is 39.6. The molecule has 25 heteroatoms. The molecule has 54 heavy (non-hydrogen) atoms. The summed E-state index contributed by atoms with van der Waals surface area (Å²) in [6.07, 6.45) is -1.69. The molecule has 5 rings (SSSR count). The lowest BCUT2D eigenvalue weighted by Crippen LogP contribution is -2.74. The molecule has 2 saturated heterocycles.